The van der Waals surface area contributed by atoms with Gasteiger partial charge < -0.3 is 9.88 Å². The minimum absolute atomic E-state index is 0.664. The second kappa shape index (κ2) is 4.15. The van der Waals surface area contributed by atoms with Crippen molar-refractivity contribution in [3.05, 3.63) is 35.0 Å². The molecule has 3 nitrogen and oxygen atoms in total. The molecule has 2 aromatic rings. The Kier molecular flexibility index (Phi) is 2.61. The SMILES string of the molecule is Cc1ccc2c(CNC3CC3)c(C#N)n(C)c2c1. The van der Waals surface area contributed by atoms with Gasteiger partial charge in [0.1, 0.15) is 11.8 Å². The van der Waals surface area contributed by atoms with E-state index in [1.165, 1.54) is 23.8 Å². The Morgan fingerprint density at radius 2 is 2.22 bits per heavy atom. The van der Waals surface area contributed by atoms with Crippen molar-refractivity contribution < 1.29 is 0 Å². The lowest BCUT2D eigenvalue weighted by Gasteiger charge is -2.02. The summed E-state index contributed by atoms with van der Waals surface area (Å²) < 4.78 is 2.01. The van der Waals surface area contributed by atoms with Crippen LogP contribution in [0.3, 0.4) is 0 Å². The van der Waals surface area contributed by atoms with Gasteiger partial charge in [0.25, 0.3) is 0 Å². The Balaban J connectivity index is 2.11. The van der Waals surface area contributed by atoms with E-state index >= 15 is 0 Å². The first kappa shape index (κ1) is 11.3. The normalized spacial score (nSPS) is 14.9. The third-order valence-electron chi connectivity index (χ3n) is 3.71. The second-order valence-electron chi connectivity index (χ2n) is 5.17. The van der Waals surface area contributed by atoms with Crippen LogP contribution in [0.25, 0.3) is 10.9 Å². The number of hydrogen-bond acceptors (Lipinski definition) is 2. The molecule has 18 heavy (non-hydrogen) atoms. The lowest BCUT2D eigenvalue weighted by molar-refractivity contribution is 0.687. The summed E-state index contributed by atoms with van der Waals surface area (Å²) in [6.45, 7) is 2.88. The van der Waals surface area contributed by atoms with Gasteiger partial charge in [-0.25, -0.2) is 0 Å². The molecule has 3 rings (SSSR count). The van der Waals surface area contributed by atoms with Crippen molar-refractivity contribution in [1.29, 1.82) is 5.26 Å². The van der Waals surface area contributed by atoms with Gasteiger partial charge in [-0.2, -0.15) is 5.26 Å². The fourth-order valence-electron chi connectivity index (χ4n) is 2.48. The van der Waals surface area contributed by atoms with E-state index in [0.29, 0.717) is 6.04 Å². The van der Waals surface area contributed by atoms with Crippen LogP contribution in [-0.4, -0.2) is 10.6 Å². The average Bonchev–Trinajstić information content (AvgIpc) is 3.14. The minimum Gasteiger partial charge on any atom is -0.335 e. The molecule has 0 aliphatic heterocycles. The van der Waals surface area contributed by atoms with Crippen LogP contribution in [0.4, 0.5) is 0 Å². The van der Waals surface area contributed by atoms with Crippen LogP contribution >= 0.6 is 0 Å². The molecule has 1 aliphatic carbocycles. The topological polar surface area (TPSA) is 40.8 Å². The van der Waals surface area contributed by atoms with Gasteiger partial charge in [0.15, 0.2) is 0 Å². The molecule has 1 N–H and O–H groups in total. The molecule has 0 unspecified atom stereocenters. The number of hydrogen-bond donors (Lipinski definition) is 1. The van der Waals surface area contributed by atoms with Crippen molar-refractivity contribution >= 4 is 10.9 Å². The van der Waals surface area contributed by atoms with Crippen molar-refractivity contribution in [1.82, 2.24) is 9.88 Å². The third kappa shape index (κ3) is 1.79. The van der Waals surface area contributed by atoms with Gasteiger partial charge in [-0.05, 0) is 31.4 Å². The highest BCUT2D eigenvalue weighted by Gasteiger charge is 2.22. The Bertz CT molecular complexity index is 642. The standard InChI is InChI=1S/C15H17N3/c1-10-3-6-12-13(9-17-11-4-5-11)15(8-16)18(2)14(12)7-10/h3,6-7,11,17H,4-5,9H2,1-2H3. The zero-order chi connectivity index (χ0) is 12.7. The third-order valence-corrected chi connectivity index (χ3v) is 3.71. The lowest BCUT2D eigenvalue weighted by atomic mass is 10.1. The van der Waals surface area contributed by atoms with Gasteiger partial charge in [0, 0.05) is 36.1 Å². The summed E-state index contributed by atoms with van der Waals surface area (Å²) in [5.74, 6) is 0. The van der Waals surface area contributed by atoms with E-state index < -0.39 is 0 Å². The molecule has 0 radical (unpaired) electrons. The average molecular weight is 239 g/mol. The fourth-order valence-corrected chi connectivity index (χ4v) is 2.48. The predicted molar refractivity (Wildman–Crippen MR) is 72.2 cm³/mol. The van der Waals surface area contributed by atoms with Gasteiger partial charge in [-0.3, -0.25) is 0 Å². The molecule has 1 aliphatic rings. The highest BCUT2D eigenvalue weighted by Crippen LogP contribution is 2.27. The second-order valence-corrected chi connectivity index (χ2v) is 5.17. The number of nitrogens with zero attached hydrogens (tertiary/aromatic N) is 2. The molecular weight excluding hydrogens is 222 g/mol. The van der Waals surface area contributed by atoms with Crippen LogP contribution in [-0.2, 0) is 13.6 Å². The Morgan fingerprint density at radius 3 is 2.89 bits per heavy atom. The zero-order valence-electron chi connectivity index (χ0n) is 10.8. The van der Waals surface area contributed by atoms with E-state index in [1.54, 1.807) is 0 Å². The van der Waals surface area contributed by atoms with Crippen molar-refractivity contribution in [3.8, 4) is 6.07 Å². The van der Waals surface area contributed by atoms with Gasteiger partial charge in [-0.1, -0.05) is 12.1 Å². The first-order valence-electron chi connectivity index (χ1n) is 6.42. The van der Waals surface area contributed by atoms with Crippen LogP contribution in [0.1, 0.15) is 29.7 Å². The van der Waals surface area contributed by atoms with Gasteiger partial charge >= 0.3 is 0 Å². The van der Waals surface area contributed by atoms with E-state index in [1.807, 2.05) is 11.6 Å². The summed E-state index contributed by atoms with van der Waals surface area (Å²) in [5, 5.41) is 14.1. The molecule has 0 saturated heterocycles. The van der Waals surface area contributed by atoms with Gasteiger partial charge in [-0.15, -0.1) is 0 Å². The number of nitrogens with one attached hydrogen (secondary N) is 1. The molecule has 1 aromatic carbocycles. The zero-order valence-corrected chi connectivity index (χ0v) is 10.8. The van der Waals surface area contributed by atoms with Crippen LogP contribution in [0.5, 0.6) is 0 Å². The van der Waals surface area contributed by atoms with E-state index in [0.717, 1.165) is 23.3 Å². The molecule has 0 atom stereocenters. The smallest absolute Gasteiger partial charge is 0.125 e. The van der Waals surface area contributed by atoms with Crippen molar-refractivity contribution in [2.24, 2.45) is 7.05 Å². The van der Waals surface area contributed by atoms with Gasteiger partial charge in [0.2, 0.25) is 0 Å². The number of rotatable bonds is 3. The quantitative estimate of drug-likeness (QED) is 0.894. The lowest BCUT2D eigenvalue weighted by Crippen LogP contribution is -2.16. The van der Waals surface area contributed by atoms with Crippen LogP contribution in [0, 0.1) is 18.3 Å². The molecule has 92 valence electrons. The van der Waals surface area contributed by atoms with Crippen molar-refractivity contribution in [2.45, 2.75) is 32.4 Å². The summed E-state index contributed by atoms with van der Waals surface area (Å²) in [6.07, 6.45) is 2.54. The Morgan fingerprint density at radius 1 is 1.44 bits per heavy atom. The molecular formula is C15H17N3. The number of fused-ring (bicyclic) bond motifs is 1. The minimum atomic E-state index is 0.664. The first-order valence-corrected chi connectivity index (χ1v) is 6.42. The monoisotopic (exact) mass is 239 g/mol. The summed E-state index contributed by atoms with van der Waals surface area (Å²) in [5.41, 5.74) is 4.30. The molecule has 1 fully saturated rings. The van der Waals surface area contributed by atoms with Crippen molar-refractivity contribution in [3.63, 3.8) is 0 Å². The van der Waals surface area contributed by atoms with E-state index in [4.69, 9.17) is 0 Å². The van der Waals surface area contributed by atoms with E-state index in [9.17, 15) is 5.26 Å². The molecule has 1 saturated carbocycles. The maximum atomic E-state index is 9.35. The number of aryl methyl sites for hydroxylation is 2. The first-order chi connectivity index (χ1) is 8.70. The molecule has 0 spiro atoms. The molecule has 3 heteroatoms. The van der Waals surface area contributed by atoms with Crippen LogP contribution in [0.2, 0.25) is 0 Å². The Hall–Kier alpha value is -1.79. The summed E-state index contributed by atoms with van der Waals surface area (Å²) >= 11 is 0. The Labute approximate surface area is 107 Å². The number of nitriles is 1. The predicted octanol–water partition coefficient (Wildman–Crippen LogP) is 2.61. The summed E-state index contributed by atoms with van der Waals surface area (Å²) in [7, 11) is 1.97. The highest BCUT2D eigenvalue weighted by molar-refractivity contribution is 5.87. The van der Waals surface area contributed by atoms with Gasteiger partial charge in [0.05, 0.1) is 0 Å². The summed E-state index contributed by atoms with van der Waals surface area (Å²) in [6, 6.07) is 9.40. The molecule has 1 aromatic heterocycles. The number of aromatic nitrogens is 1. The maximum absolute atomic E-state index is 9.35. The van der Waals surface area contributed by atoms with Crippen LogP contribution in [0.15, 0.2) is 18.2 Å². The summed E-state index contributed by atoms with van der Waals surface area (Å²) in [4.78, 5) is 0. The van der Waals surface area contributed by atoms with E-state index in [2.05, 4.69) is 36.5 Å². The largest absolute Gasteiger partial charge is 0.335 e. The number of benzene rings is 1. The molecule has 1 heterocycles. The van der Waals surface area contributed by atoms with Crippen molar-refractivity contribution in [2.75, 3.05) is 0 Å². The molecule has 0 bridgehead atoms. The maximum Gasteiger partial charge on any atom is 0.125 e. The highest BCUT2D eigenvalue weighted by atomic mass is 15.0. The van der Waals surface area contributed by atoms with Crippen LogP contribution < -0.4 is 5.32 Å². The fraction of sp³-hybridized carbons (Fsp3) is 0.400. The molecule has 0 amide bonds. The van der Waals surface area contributed by atoms with E-state index in [-0.39, 0.29) is 0 Å².